The number of hydrogen-bond donors (Lipinski definition) is 2. The Labute approximate surface area is 195 Å². The van der Waals surface area contributed by atoms with E-state index in [1.54, 1.807) is 51.1 Å². The van der Waals surface area contributed by atoms with Crippen molar-refractivity contribution >= 4 is 40.3 Å². The van der Waals surface area contributed by atoms with Gasteiger partial charge in [0, 0.05) is 11.1 Å². The lowest BCUT2D eigenvalue weighted by Crippen LogP contribution is -2.25. The Kier molecular flexibility index (Phi) is 7.30. The number of aromatic nitrogens is 2. The Balaban J connectivity index is 1.92. The highest BCUT2D eigenvalue weighted by molar-refractivity contribution is 6.37. The number of amides is 1. The molecule has 0 unspecified atom stereocenters. The van der Waals surface area contributed by atoms with Gasteiger partial charge in [0.2, 0.25) is 0 Å². The highest BCUT2D eigenvalue weighted by atomic mass is 16.5. The van der Waals surface area contributed by atoms with E-state index in [-0.39, 0.29) is 6.61 Å². The molecular formula is C24H25N3O7. The molecule has 2 N–H and O–H groups in total. The first-order chi connectivity index (χ1) is 16.2. The molecule has 0 saturated carbocycles. The van der Waals surface area contributed by atoms with Crippen LogP contribution in [0, 0.1) is 13.8 Å². The standard InChI is InChI=1S/C24H25N3O7/c1-5-7-18-17-12-16(8-9-19(17)27(26-18)22(29)23(30)31)34-20-13(3)10-15(11-14(20)4)25-21(28)24(32)33-6-2/h8-12H,5-7H2,1-4H3,(H,25,28)(H,30,31). The van der Waals surface area contributed by atoms with Crippen molar-refractivity contribution in [2.75, 3.05) is 11.9 Å². The molecule has 3 aromatic rings. The first kappa shape index (κ1) is 24.4. The summed E-state index contributed by atoms with van der Waals surface area (Å²) in [5.74, 6) is -3.52. The quantitative estimate of drug-likeness (QED) is 0.414. The van der Waals surface area contributed by atoms with E-state index in [2.05, 4.69) is 10.4 Å². The van der Waals surface area contributed by atoms with E-state index in [1.807, 2.05) is 6.92 Å². The summed E-state index contributed by atoms with van der Waals surface area (Å²) in [6.07, 6.45) is 1.32. The fraction of sp³-hybridized carbons (Fsp3) is 0.292. The number of nitrogens with one attached hydrogen (secondary N) is 1. The average Bonchev–Trinajstić information content (AvgIpc) is 3.13. The third kappa shape index (κ3) is 5.06. The van der Waals surface area contributed by atoms with E-state index >= 15 is 0 Å². The van der Waals surface area contributed by atoms with Gasteiger partial charge in [-0.3, -0.25) is 9.59 Å². The van der Waals surface area contributed by atoms with Crippen molar-refractivity contribution in [1.29, 1.82) is 0 Å². The Morgan fingerprint density at radius 2 is 1.74 bits per heavy atom. The van der Waals surface area contributed by atoms with Crippen LogP contribution in [0.4, 0.5) is 5.69 Å². The van der Waals surface area contributed by atoms with E-state index in [0.717, 1.165) is 11.1 Å². The minimum Gasteiger partial charge on any atom is -0.474 e. The van der Waals surface area contributed by atoms with Crippen LogP contribution in [0.5, 0.6) is 11.5 Å². The van der Waals surface area contributed by atoms with Gasteiger partial charge >= 0.3 is 23.8 Å². The molecule has 1 heterocycles. The van der Waals surface area contributed by atoms with E-state index < -0.39 is 23.8 Å². The van der Waals surface area contributed by atoms with Crippen molar-refractivity contribution in [2.24, 2.45) is 0 Å². The number of carbonyl (C=O) groups is 4. The number of nitrogens with zero attached hydrogens (tertiary/aromatic N) is 2. The van der Waals surface area contributed by atoms with Crippen LogP contribution in [-0.4, -0.2) is 45.2 Å². The van der Waals surface area contributed by atoms with Gasteiger partial charge in [-0.15, -0.1) is 0 Å². The summed E-state index contributed by atoms with van der Waals surface area (Å²) in [6, 6.07) is 8.28. The molecule has 0 spiro atoms. The third-order valence-corrected chi connectivity index (χ3v) is 4.99. The predicted molar refractivity (Wildman–Crippen MR) is 123 cm³/mol. The molecule has 0 aliphatic rings. The first-order valence-electron chi connectivity index (χ1n) is 10.7. The largest absolute Gasteiger partial charge is 0.474 e. The normalized spacial score (nSPS) is 10.7. The highest BCUT2D eigenvalue weighted by Gasteiger charge is 2.22. The summed E-state index contributed by atoms with van der Waals surface area (Å²) in [4.78, 5) is 46.7. The number of carboxylic acids is 1. The molecule has 0 aliphatic carbocycles. The van der Waals surface area contributed by atoms with Crippen LogP contribution in [0.15, 0.2) is 30.3 Å². The molecule has 0 saturated heterocycles. The lowest BCUT2D eigenvalue weighted by atomic mass is 10.1. The van der Waals surface area contributed by atoms with Crippen LogP contribution < -0.4 is 10.1 Å². The minimum absolute atomic E-state index is 0.102. The van der Waals surface area contributed by atoms with Crippen LogP contribution in [-0.2, 0) is 25.5 Å². The van der Waals surface area contributed by atoms with Crippen molar-refractivity contribution in [3.05, 3.63) is 47.2 Å². The number of carbonyl (C=O) groups excluding carboxylic acids is 3. The molecule has 3 rings (SSSR count). The molecule has 1 aromatic heterocycles. The summed E-state index contributed by atoms with van der Waals surface area (Å²) in [7, 11) is 0. The lowest BCUT2D eigenvalue weighted by molar-refractivity contribution is -0.152. The Morgan fingerprint density at radius 1 is 1.06 bits per heavy atom. The van der Waals surface area contributed by atoms with Crippen LogP contribution in [0.2, 0.25) is 0 Å². The molecule has 10 heteroatoms. The zero-order valence-corrected chi connectivity index (χ0v) is 19.3. The highest BCUT2D eigenvalue weighted by Crippen LogP contribution is 2.33. The van der Waals surface area contributed by atoms with Gasteiger partial charge in [0.25, 0.3) is 0 Å². The summed E-state index contributed by atoms with van der Waals surface area (Å²) in [5, 5.41) is 16.4. The van der Waals surface area contributed by atoms with Crippen molar-refractivity contribution in [1.82, 2.24) is 9.78 Å². The Bertz CT molecular complexity index is 1270. The van der Waals surface area contributed by atoms with Crippen LogP contribution in [0.1, 0.15) is 41.9 Å². The van der Waals surface area contributed by atoms with Crippen LogP contribution in [0.3, 0.4) is 0 Å². The van der Waals surface area contributed by atoms with Gasteiger partial charge in [0.15, 0.2) is 0 Å². The predicted octanol–water partition coefficient (Wildman–Crippen LogP) is 3.62. The summed E-state index contributed by atoms with van der Waals surface area (Å²) in [6.45, 7) is 7.27. The maximum atomic E-state index is 12.0. The average molecular weight is 467 g/mol. The van der Waals surface area contributed by atoms with Gasteiger partial charge in [0.1, 0.15) is 11.5 Å². The SMILES string of the molecule is CCCc1nn(C(=O)C(=O)O)c2ccc(Oc3c(C)cc(NC(=O)C(=O)OCC)cc3C)cc12. The van der Waals surface area contributed by atoms with Crippen LogP contribution >= 0.6 is 0 Å². The molecule has 0 fully saturated rings. The second-order valence-electron chi connectivity index (χ2n) is 7.61. The van der Waals surface area contributed by atoms with Crippen LogP contribution in [0.25, 0.3) is 10.9 Å². The number of ether oxygens (including phenoxy) is 2. The maximum absolute atomic E-state index is 12.0. The molecule has 2 aromatic carbocycles. The molecular weight excluding hydrogens is 442 g/mol. The topological polar surface area (TPSA) is 137 Å². The van der Waals surface area contributed by atoms with Gasteiger partial charge in [-0.05, 0) is 68.7 Å². The molecule has 1 amide bonds. The summed E-state index contributed by atoms with van der Waals surface area (Å²) < 4.78 is 11.7. The van der Waals surface area contributed by atoms with Gasteiger partial charge < -0.3 is 19.9 Å². The van der Waals surface area contributed by atoms with E-state index in [0.29, 0.717) is 51.3 Å². The molecule has 34 heavy (non-hydrogen) atoms. The fourth-order valence-electron chi connectivity index (χ4n) is 3.57. The number of aryl methyl sites for hydroxylation is 3. The summed E-state index contributed by atoms with van der Waals surface area (Å²) >= 11 is 0. The second kappa shape index (κ2) is 10.2. The third-order valence-electron chi connectivity index (χ3n) is 4.99. The number of esters is 1. The zero-order chi connectivity index (χ0) is 25.0. The molecule has 178 valence electrons. The number of carboxylic acid groups (broad SMARTS) is 1. The van der Waals surface area contributed by atoms with Crippen molar-refractivity contribution < 1.29 is 33.8 Å². The van der Waals surface area contributed by atoms with E-state index in [4.69, 9.17) is 14.6 Å². The Hall–Kier alpha value is -4.21. The van der Waals surface area contributed by atoms with Gasteiger partial charge in [-0.1, -0.05) is 13.3 Å². The molecule has 0 aliphatic heterocycles. The van der Waals surface area contributed by atoms with Crippen molar-refractivity contribution in [3.63, 3.8) is 0 Å². The van der Waals surface area contributed by atoms with E-state index in [9.17, 15) is 19.2 Å². The van der Waals surface area contributed by atoms with E-state index in [1.165, 1.54) is 0 Å². The number of anilines is 1. The lowest BCUT2D eigenvalue weighted by Gasteiger charge is -2.14. The monoisotopic (exact) mass is 467 g/mol. The molecule has 0 bridgehead atoms. The maximum Gasteiger partial charge on any atom is 0.397 e. The van der Waals surface area contributed by atoms with Crippen molar-refractivity contribution in [3.8, 4) is 11.5 Å². The molecule has 0 atom stereocenters. The molecule has 10 nitrogen and oxygen atoms in total. The number of aliphatic carboxylic acids is 1. The molecule has 0 radical (unpaired) electrons. The van der Waals surface area contributed by atoms with Crippen molar-refractivity contribution in [2.45, 2.75) is 40.5 Å². The number of fused-ring (bicyclic) bond motifs is 1. The summed E-state index contributed by atoms with van der Waals surface area (Å²) in [5.41, 5.74) is 2.83. The fourth-order valence-corrected chi connectivity index (χ4v) is 3.57. The second-order valence-corrected chi connectivity index (χ2v) is 7.61. The van der Waals surface area contributed by atoms with Gasteiger partial charge in [-0.2, -0.15) is 9.78 Å². The van der Waals surface area contributed by atoms with Gasteiger partial charge in [-0.25, -0.2) is 9.59 Å². The Morgan fingerprint density at radius 3 is 2.32 bits per heavy atom. The smallest absolute Gasteiger partial charge is 0.397 e. The minimum atomic E-state index is -1.59. The van der Waals surface area contributed by atoms with Gasteiger partial charge in [0.05, 0.1) is 17.8 Å². The number of benzene rings is 2. The number of rotatable bonds is 6. The first-order valence-corrected chi connectivity index (χ1v) is 10.7. The number of hydrogen-bond acceptors (Lipinski definition) is 7. The zero-order valence-electron chi connectivity index (χ0n) is 19.3.